The number of hydrazine groups is 1. The smallest absolute Gasteiger partial charge is 0.269 e. The van der Waals surface area contributed by atoms with Crippen molar-refractivity contribution in [2.24, 2.45) is 0 Å². The summed E-state index contributed by atoms with van der Waals surface area (Å²) in [6, 6.07) is 40.7. The van der Waals surface area contributed by atoms with Gasteiger partial charge in [-0.15, -0.1) is 0 Å². The van der Waals surface area contributed by atoms with E-state index >= 15 is 0 Å². The molecule has 1 amide bonds. The Balaban J connectivity index is 1.29. The monoisotopic (exact) mass is 545 g/mol. The minimum atomic E-state index is -0.574. The van der Waals surface area contributed by atoms with Crippen LogP contribution in [0.4, 0.5) is 0 Å². The number of aromatic nitrogens is 2. The number of rotatable bonds is 9. The van der Waals surface area contributed by atoms with Gasteiger partial charge in [-0.05, 0) is 53.9 Å². The van der Waals surface area contributed by atoms with Gasteiger partial charge in [-0.3, -0.25) is 15.6 Å². The average Bonchev–Trinajstić information content (AvgIpc) is 3.49. The van der Waals surface area contributed by atoms with Crippen molar-refractivity contribution in [3.8, 4) is 0 Å². The van der Waals surface area contributed by atoms with E-state index in [-0.39, 0.29) is 5.91 Å². The molecule has 0 unspecified atom stereocenters. The molecule has 0 saturated carbocycles. The number of amides is 1. The number of imidazole rings is 1. The van der Waals surface area contributed by atoms with Gasteiger partial charge in [0, 0.05) is 18.3 Å². The van der Waals surface area contributed by atoms with Gasteiger partial charge in [0.15, 0.2) is 5.11 Å². The SMILES string of the molecule is O=C(NNC(=S)NCCCc1cn(C(c2ccccc2)(c2ccccc2)c2ccccc2)cn1)c1ccccc1. The molecule has 1 aromatic heterocycles. The normalized spacial score (nSPS) is 11.0. The summed E-state index contributed by atoms with van der Waals surface area (Å²) < 4.78 is 2.22. The number of aryl methyl sites for hydroxylation is 1. The predicted octanol–water partition coefficient (Wildman–Crippen LogP) is 5.47. The van der Waals surface area contributed by atoms with Gasteiger partial charge in [-0.2, -0.15) is 0 Å². The molecule has 0 spiro atoms. The van der Waals surface area contributed by atoms with E-state index in [0.717, 1.165) is 35.2 Å². The van der Waals surface area contributed by atoms with Gasteiger partial charge in [-0.1, -0.05) is 109 Å². The van der Waals surface area contributed by atoms with E-state index in [4.69, 9.17) is 17.2 Å². The van der Waals surface area contributed by atoms with Crippen LogP contribution in [0.15, 0.2) is 134 Å². The highest BCUT2D eigenvalue weighted by molar-refractivity contribution is 7.80. The summed E-state index contributed by atoms with van der Waals surface area (Å²) >= 11 is 5.31. The van der Waals surface area contributed by atoms with Gasteiger partial charge in [0.25, 0.3) is 5.91 Å². The van der Waals surface area contributed by atoms with Crippen LogP contribution >= 0.6 is 12.2 Å². The first-order chi connectivity index (χ1) is 19.7. The lowest BCUT2D eigenvalue weighted by atomic mass is 9.77. The highest BCUT2D eigenvalue weighted by atomic mass is 32.1. The lowest BCUT2D eigenvalue weighted by Crippen LogP contribution is -2.47. The Morgan fingerprint density at radius 2 is 1.23 bits per heavy atom. The molecule has 0 radical (unpaired) electrons. The van der Waals surface area contributed by atoms with Crippen LogP contribution in [0.25, 0.3) is 0 Å². The van der Waals surface area contributed by atoms with Crippen molar-refractivity contribution < 1.29 is 4.79 Å². The maximum absolute atomic E-state index is 12.2. The standard InChI is InChI=1S/C33H31N5OS/c39-31(26-14-5-1-6-15-26)36-37-32(40)34-23-13-22-30-24-38(25-35-30)33(27-16-7-2-8-17-27,28-18-9-3-10-19-28)29-20-11-4-12-21-29/h1-12,14-21,24-25H,13,22-23H2,(H,36,39)(H2,34,37,40). The maximum Gasteiger partial charge on any atom is 0.269 e. The number of carbonyl (C=O) groups excluding carboxylic acids is 1. The van der Waals surface area contributed by atoms with Crippen molar-refractivity contribution in [3.05, 3.63) is 162 Å². The van der Waals surface area contributed by atoms with Crippen LogP contribution in [0, 0.1) is 0 Å². The number of thiocarbonyl (C=S) groups is 1. The minimum Gasteiger partial charge on any atom is -0.361 e. The summed E-state index contributed by atoms with van der Waals surface area (Å²) in [6.45, 7) is 0.640. The summed E-state index contributed by atoms with van der Waals surface area (Å²) in [7, 11) is 0. The van der Waals surface area contributed by atoms with Gasteiger partial charge >= 0.3 is 0 Å². The molecule has 0 aliphatic heterocycles. The summed E-state index contributed by atoms with van der Waals surface area (Å²) in [5.74, 6) is -0.242. The molecule has 0 atom stereocenters. The largest absolute Gasteiger partial charge is 0.361 e. The zero-order chi connectivity index (χ0) is 27.6. The van der Waals surface area contributed by atoms with Gasteiger partial charge in [0.1, 0.15) is 5.54 Å². The Labute approximate surface area is 240 Å². The van der Waals surface area contributed by atoms with E-state index in [1.165, 1.54) is 0 Å². The topological polar surface area (TPSA) is 71.0 Å². The van der Waals surface area contributed by atoms with Crippen LogP contribution in [0.5, 0.6) is 0 Å². The molecule has 1 heterocycles. The Morgan fingerprint density at radius 1 is 0.725 bits per heavy atom. The summed E-state index contributed by atoms with van der Waals surface area (Å²) in [4.78, 5) is 17.0. The molecular weight excluding hydrogens is 514 g/mol. The fraction of sp³-hybridized carbons (Fsp3) is 0.121. The van der Waals surface area contributed by atoms with E-state index in [1.54, 1.807) is 12.1 Å². The number of benzene rings is 4. The molecule has 0 bridgehead atoms. The second kappa shape index (κ2) is 12.9. The van der Waals surface area contributed by atoms with Crippen LogP contribution in [0.1, 0.15) is 39.2 Å². The molecule has 4 aromatic carbocycles. The van der Waals surface area contributed by atoms with Crippen molar-refractivity contribution in [1.82, 2.24) is 25.7 Å². The van der Waals surface area contributed by atoms with Gasteiger partial charge in [0.05, 0.1) is 12.0 Å². The van der Waals surface area contributed by atoms with E-state index in [0.29, 0.717) is 17.2 Å². The molecule has 40 heavy (non-hydrogen) atoms. The highest BCUT2D eigenvalue weighted by Gasteiger charge is 2.38. The van der Waals surface area contributed by atoms with Crippen LogP contribution in [0.2, 0.25) is 0 Å². The van der Waals surface area contributed by atoms with Crippen molar-refractivity contribution in [1.29, 1.82) is 0 Å². The Morgan fingerprint density at radius 3 is 1.75 bits per heavy atom. The number of hydrogen-bond donors (Lipinski definition) is 3. The number of nitrogens with one attached hydrogen (secondary N) is 3. The maximum atomic E-state index is 12.2. The Bertz CT molecular complexity index is 1430. The molecule has 0 aliphatic carbocycles. The summed E-state index contributed by atoms with van der Waals surface area (Å²) in [6.07, 6.45) is 5.67. The van der Waals surface area contributed by atoms with E-state index in [2.05, 4.69) is 99.7 Å². The predicted molar refractivity (Wildman–Crippen MR) is 163 cm³/mol. The fourth-order valence-corrected chi connectivity index (χ4v) is 5.11. The minimum absolute atomic E-state index is 0.242. The fourth-order valence-electron chi connectivity index (χ4n) is 4.95. The van der Waals surface area contributed by atoms with Gasteiger partial charge in [-0.25, -0.2) is 4.98 Å². The third-order valence-electron chi connectivity index (χ3n) is 6.82. The molecule has 6 nitrogen and oxygen atoms in total. The van der Waals surface area contributed by atoms with E-state index in [1.807, 2.05) is 42.7 Å². The number of nitrogens with zero attached hydrogens (tertiary/aromatic N) is 2. The molecule has 5 rings (SSSR count). The third-order valence-corrected chi connectivity index (χ3v) is 7.07. The second-order valence-corrected chi connectivity index (χ2v) is 9.79. The molecule has 0 fully saturated rings. The summed E-state index contributed by atoms with van der Waals surface area (Å²) in [5, 5.41) is 3.51. The molecule has 5 aromatic rings. The van der Waals surface area contributed by atoms with Crippen LogP contribution in [-0.4, -0.2) is 27.1 Å². The van der Waals surface area contributed by atoms with Crippen LogP contribution in [0.3, 0.4) is 0 Å². The highest BCUT2D eigenvalue weighted by Crippen LogP contribution is 2.40. The van der Waals surface area contributed by atoms with Crippen LogP contribution < -0.4 is 16.2 Å². The lowest BCUT2D eigenvalue weighted by molar-refractivity contribution is 0.0943. The van der Waals surface area contributed by atoms with Crippen molar-refractivity contribution >= 4 is 23.2 Å². The zero-order valence-electron chi connectivity index (χ0n) is 22.0. The Hall–Kier alpha value is -4.75. The molecule has 200 valence electrons. The number of hydrogen-bond acceptors (Lipinski definition) is 3. The van der Waals surface area contributed by atoms with E-state index in [9.17, 15) is 4.79 Å². The first-order valence-corrected chi connectivity index (χ1v) is 13.7. The molecule has 0 saturated heterocycles. The Kier molecular flexibility index (Phi) is 8.63. The first-order valence-electron chi connectivity index (χ1n) is 13.3. The first kappa shape index (κ1) is 26.8. The average molecular weight is 546 g/mol. The molecule has 3 N–H and O–H groups in total. The zero-order valence-corrected chi connectivity index (χ0v) is 22.9. The van der Waals surface area contributed by atoms with Crippen molar-refractivity contribution in [3.63, 3.8) is 0 Å². The molecule has 0 aliphatic rings. The summed E-state index contributed by atoms with van der Waals surface area (Å²) in [5.41, 5.74) is 9.83. The van der Waals surface area contributed by atoms with Crippen molar-refractivity contribution in [2.45, 2.75) is 18.4 Å². The van der Waals surface area contributed by atoms with Gasteiger partial charge < -0.3 is 9.88 Å². The lowest BCUT2D eigenvalue weighted by Gasteiger charge is -2.37. The van der Waals surface area contributed by atoms with Crippen molar-refractivity contribution in [2.75, 3.05) is 6.54 Å². The number of carbonyl (C=O) groups is 1. The van der Waals surface area contributed by atoms with Crippen LogP contribution in [-0.2, 0) is 12.0 Å². The second-order valence-electron chi connectivity index (χ2n) is 9.39. The van der Waals surface area contributed by atoms with E-state index < -0.39 is 5.54 Å². The molecular formula is C33H31N5OS. The quantitative estimate of drug-likeness (QED) is 0.0993. The molecule has 7 heteroatoms. The third kappa shape index (κ3) is 5.95. The van der Waals surface area contributed by atoms with Gasteiger partial charge in [0.2, 0.25) is 0 Å².